The SMILES string of the molecule is O=C(CN1C(=O)CNC1=O)NCCC1=CCCCC1. The van der Waals surface area contributed by atoms with Gasteiger partial charge in [-0.3, -0.25) is 14.5 Å². The second kappa shape index (κ2) is 6.36. The lowest BCUT2D eigenvalue weighted by Gasteiger charge is -2.14. The average Bonchev–Trinajstić information content (AvgIpc) is 2.72. The van der Waals surface area contributed by atoms with Crippen molar-refractivity contribution in [1.29, 1.82) is 0 Å². The molecule has 1 aliphatic heterocycles. The fourth-order valence-electron chi connectivity index (χ4n) is 2.31. The predicted octanol–water partition coefficient (Wildman–Crippen LogP) is 0.545. The van der Waals surface area contributed by atoms with Gasteiger partial charge in [-0.25, -0.2) is 4.79 Å². The summed E-state index contributed by atoms with van der Waals surface area (Å²) < 4.78 is 0. The molecule has 0 unspecified atom stereocenters. The van der Waals surface area contributed by atoms with Crippen LogP contribution in [0.15, 0.2) is 11.6 Å². The van der Waals surface area contributed by atoms with E-state index in [4.69, 9.17) is 0 Å². The zero-order valence-corrected chi connectivity index (χ0v) is 10.9. The Balaban J connectivity index is 1.68. The third-order valence-corrected chi connectivity index (χ3v) is 3.39. The highest BCUT2D eigenvalue weighted by molar-refractivity contribution is 6.04. The van der Waals surface area contributed by atoms with Crippen molar-refractivity contribution in [3.8, 4) is 0 Å². The third-order valence-electron chi connectivity index (χ3n) is 3.39. The number of rotatable bonds is 5. The molecular formula is C13H19N3O3. The Morgan fingerprint density at radius 1 is 1.37 bits per heavy atom. The molecule has 104 valence electrons. The van der Waals surface area contributed by atoms with E-state index < -0.39 is 6.03 Å². The van der Waals surface area contributed by atoms with Crippen LogP contribution in [-0.2, 0) is 9.59 Å². The molecule has 0 saturated carbocycles. The van der Waals surface area contributed by atoms with E-state index >= 15 is 0 Å². The highest BCUT2D eigenvalue weighted by Crippen LogP contribution is 2.19. The number of urea groups is 1. The molecular weight excluding hydrogens is 246 g/mol. The van der Waals surface area contributed by atoms with Crippen LogP contribution in [0.3, 0.4) is 0 Å². The van der Waals surface area contributed by atoms with E-state index in [-0.39, 0.29) is 24.9 Å². The summed E-state index contributed by atoms with van der Waals surface area (Å²) in [5, 5.41) is 5.13. The molecule has 0 aromatic carbocycles. The van der Waals surface area contributed by atoms with E-state index in [1.54, 1.807) is 0 Å². The summed E-state index contributed by atoms with van der Waals surface area (Å²) in [7, 11) is 0. The lowest BCUT2D eigenvalue weighted by molar-refractivity contribution is -0.130. The van der Waals surface area contributed by atoms with E-state index in [1.807, 2.05) is 0 Å². The van der Waals surface area contributed by atoms with Gasteiger partial charge in [-0.05, 0) is 32.1 Å². The van der Waals surface area contributed by atoms with Gasteiger partial charge in [0.05, 0.1) is 6.54 Å². The number of nitrogens with one attached hydrogen (secondary N) is 2. The summed E-state index contributed by atoms with van der Waals surface area (Å²) in [5.41, 5.74) is 1.39. The van der Waals surface area contributed by atoms with Gasteiger partial charge in [0.25, 0.3) is 5.91 Å². The van der Waals surface area contributed by atoms with Crippen molar-refractivity contribution in [2.75, 3.05) is 19.6 Å². The molecule has 0 bridgehead atoms. The Morgan fingerprint density at radius 3 is 2.84 bits per heavy atom. The van der Waals surface area contributed by atoms with Crippen LogP contribution in [0.4, 0.5) is 4.79 Å². The van der Waals surface area contributed by atoms with Gasteiger partial charge < -0.3 is 10.6 Å². The molecule has 2 rings (SSSR count). The van der Waals surface area contributed by atoms with Crippen LogP contribution in [0.2, 0.25) is 0 Å². The van der Waals surface area contributed by atoms with Crippen LogP contribution in [0, 0.1) is 0 Å². The second-order valence-electron chi connectivity index (χ2n) is 4.85. The van der Waals surface area contributed by atoms with E-state index in [2.05, 4.69) is 16.7 Å². The maximum atomic E-state index is 11.6. The predicted molar refractivity (Wildman–Crippen MR) is 69.3 cm³/mol. The molecule has 6 nitrogen and oxygen atoms in total. The lowest BCUT2D eigenvalue weighted by atomic mass is 9.97. The number of allylic oxidation sites excluding steroid dienone is 1. The van der Waals surface area contributed by atoms with E-state index in [0.29, 0.717) is 6.54 Å². The number of hydrogen-bond donors (Lipinski definition) is 2. The highest BCUT2D eigenvalue weighted by atomic mass is 16.2. The molecule has 0 spiro atoms. The van der Waals surface area contributed by atoms with E-state index in [0.717, 1.165) is 24.2 Å². The summed E-state index contributed by atoms with van der Waals surface area (Å²) in [6.45, 7) is 0.358. The Bertz CT molecular complexity index is 401. The van der Waals surface area contributed by atoms with Crippen molar-refractivity contribution in [2.24, 2.45) is 0 Å². The molecule has 19 heavy (non-hydrogen) atoms. The van der Waals surface area contributed by atoms with Crippen molar-refractivity contribution in [2.45, 2.75) is 32.1 Å². The number of carbonyl (C=O) groups is 3. The maximum absolute atomic E-state index is 11.6. The molecule has 0 aromatic heterocycles. The first-order chi connectivity index (χ1) is 9.16. The zero-order chi connectivity index (χ0) is 13.7. The molecule has 1 saturated heterocycles. The summed E-state index contributed by atoms with van der Waals surface area (Å²) in [6.07, 6.45) is 7.82. The normalized spacial score (nSPS) is 19.2. The molecule has 1 aliphatic carbocycles. The number of amides is 4. The minimum Gasteiger partial charge on any atom is -0.354 e. The number of hydrogen-bond acceptors (Lipinski definition) is 3. The van der Waals surface area contributed by atoms with Gasteiger partial charge in [0.1, 0.15) is 6.54 Å². The van der Waals surface area contributed by atoms with Gasteiger partial charge in [-0.1, -0.05) is 11.6 Å². The largest absolute Gasteiger partial charge is 0.354 e. The summed E-state index contributed by atoms with van der Waals surface area (Å²) in [5.74, 6) is -0.642. The van der Waals surface area contributed by atoms with Crippen LogP contribution in [0.5, 0.6) is 0 Å². The molecule has 1 heterocycles. The molecule has 0 aromatic rings. The Hall–Kier alpha value is -1.85. The standard InChI is InChI=1S/C13H19N3O3/c17-11(9-16-12(18)8-15-13(16)19)14-7-6-10-4-2-1-3-5-10/h4H,1-3,5-9H2,(H,14,17)(H,15,19). The van der Waals surface area contributed by atoms with Gasteiger partial charge >= 0.3 is 6.03 Å². The molecule has 6 heteroatoms. The molecule has 0 atom stereocenters. The molecule has 4 amide bonds. The summed E-state index contributed by atoms with van der Waals surface area (Å²) >= 11 is 0. The molecule has 2 N–H and O–H groups in total. The molecule has 1 fully saturated rings. The van der Waals surface area contributed by atoms with Crippen molar-refractivity contribution in [3.63, 3.8) is 0 Å². The van der Waals surface area contributed by atoms with Crippen LogP contribution in [-0.4, -0.2) is 42.4 Å². The smallest absolute Gasteiger partial charge is 0.325 e. The lowest BCUT2D eigenvalue weighted by Crippen LogP contribution is -2.41. The van der Waals surface area contributed by atoms with Crippen molar-refractivity contribution >= 4 is 17.8 Å². The van der Waals surface area contributed by atoms with E-state index in [9.17, 15) is 14.4 Å². The minimum absolute atomic E-state index is 0.0149. The second-order valence-corrected chi connectivity index (χ2v) is 4.85. The molecule has 2 aliphatic rings. The zero-order valence-electron chi connectivity index (χ0n) is 10.9. The van der Waals surface area contributed by atoms with Gasteiger partial charge in [0.15, 0.2) is 0 Å². The fraction of sp³-hybridized carbons (Fsp3) is 0.615. The highest BCUT2D eigenvalue weighted by Gasteiger charge is 2.29. The average molecular weight is 265 g/mol. The number of imide groups is 1. The Morgan fingerprint density at radius 2 is 2.21 bits per heavy atom. The fourth-order valence-corrected chi connectivity index (χ4v) is 2.31. The van der Waals surface area contributed by atoms with Crippen LogP contribution >= 0.6 is 0 Å². The first-order valence-electron chi connectivity index (χ1n) is 6.69. The van der Waals surface area contributed by atoms with E-state index in [1.165, 1.54) is 18.4 Å². The first kappa shape index (κ1) is 13.6. The maximum Gasteiger partial charge on any atom is 0.325 e. The van der Waals surface area contributed by atoms with Gasteiger partial charge in [0, 0.05) is 6.54 Å². The van der Waals surface area contributed by atoms with Crippen LogP contribution in [0.25, 0.3) is 0 Å². The number of nitrogens with zero attached hydrogens (tertiary/aromatic N) is 1. The molecule has 0 radical (unpaired) electrons. The van der Waals surface area contributed by atoms with Crippen molar-refractivity contribution in [3.05, 3.63) is 11.6 Å². The Labute approximate surface area is 112 Å². The Kier molecular flexibility index (Phi) is 4.54. The first-order valence-corrected chi connectivity index (χ1v) is 6.69. The van der Waals surface area contributed by atoms with Gasteiger partial charge in [-0.2, -0.15) is 0 Å². The van der Waals surface area contributed by atoms with Crippen LogP contribution < -0.4 is 10.6 Å². The summed E-state index contributed by atoms with van der Waals surface area (Å²) in [6, 6.07) is -0.491. The quantitative estimate of drug-likeness (QED) is 0.562. The van der Waals surface area contributed by atoms with Crippen LogP contribution in [0.1, 0.15) is 32.1 Å². The van der Waals surface area contributed by atoms with Crippen molar-refractivity contribution < 1.29 is 14.4 Å². The monoisotopic (exact) mass is 265 g/mol. The number of carbonyl (C=O) groups excluding carboxylic acids is 3. The topological polar surface area (TPSA) is 78.5 Å². The van der Waals surface area contributed by atoms with Crippen molar-refractivity contribution in [1.82, 2.24) is 15.5 Å². The minimum atomic E-state index is -0.491. The third kappa shape index (κ3) is 3.81. The van der Waals surface area contributed by atoms with Gasteiger partial charge in [-0.15, -0.1) is 0 Å². The van der Waals surface area contributed by atoms with Gasteiger partial charge in [0.2, 0.25) is 5.91 Å². The summed E-state index contributed by atoms with van der Waals surface area (Å²) in [4.78, 5) is 35.1.